The van der Waals surface area contributed by atoms with Gasteiger partial charge in [0.25, 0.3) is 0 Å². The molecule has 5 heteroatoms. The summed E-state index contributed by atoms with van der Waals surface area (Å²) >= 11 is 0. The quantitative estimate of drug-likeness (QED) is 0.484. The van der Waals surface area contributed by atoms with E-state index < -0.39 is 17.8 Å². The summed E-state index contributed by atoms with van der Waals surface area (Å²) in [6.45, 7) is 0.792. The van der Waals surface area contributed by atoms with Crippen molar-refractivity contribution in [1.82, 2.24) is 0 Å². The lowest BCUT2D eigenvalue weighted by molar-refractivity contribution is -0.140. The number of esters is 1. The van der Waals surface area contributed by atoms with Crippen molar-refractivity contribution in [3.8, 4) is 0 Å². The van der Waals surface area contributed by atoms with Gasteiger partial charge in [-0.1, -0.05) is 0 Å². The molecule has 0 amide bonds. The molecule has 0 aliphatic carbocycles. The predicted octanol–water partition coefficient (Wildman–Crippen LogP) is 0.487. The zero-order chi connectivity index (χ0) is 8.85. The number of carbonyl (C=O) groups is 2. The molecule has 0 unspecified atom stereocenters. The third kappa shape index (κ3) is 5.07. The fourth-order valence-electron chi connectivity index (χ4n) is 0.319. The van der Waals surface area contributed by atoms with Crippen LogP contribution in [0.3, 0.4) is 0 Å². The van der Waals surface area contributed by atoms with Crippen LogP contribution in [0.2, 0.25) is 0 Å². The molecule has 0 saturated heterocycles. The Morgan fingerprint density at radius 1 is 1.64 bits per heavy atom. The smallest absolute Gasteiger partial charge is 0.364 e. The number of carbonyl (C=O) groups excluding carboxylic acids is 1. The highest BCUT2D eigenvalue weighted by atomic mass is 19.1. The van der Waals surface area contributed by atoms with Gasteiger partial charge in [-0.15, -0.1) is 0 Å². The van der Waals surface area contributed by atoms with Gasteiger partial charge >= 0.3 is 11.9 Å². The van der Waals surface area contributed by atoms with E-state index in [1.54, 1.807) is 0 Å². The third-order valence-corrected chi connectivity index (χ3v) is 0.753. The van der Waals surface area contributed by atoms with Gasteiger partial charge in [-0.2, -0.15) is 4.39 Å². The van der Waals surface area contributed by atoms with Gasteiger partial charge in [0.1, 0.15) is 6.61 Å². The first kappa shape index (κ1) is 9.61. The van der Waals surface area contributed by atoms with Crippen molar-refractivity contribution in [3.05, 3.63) is 11.9 Å². The molecule has 11 heavy (non-hydrogen) atoms. The zero-order valence-electron chi connectivity index (χ0n) is 5.83. The Morgan fingerprint density at radius 2 is 2.18 bits per heavy atom. The molecule has 0 radical (unpaired) electrons. The second-order valence-corrected chi connectivity index (χ2v) is 1.66. The Balaban J connectivity index is 3.74. The minimum atomic E-state index is -1.67. The second kappa shape index (κ2) is 4.43. The summed E-state index contributed by atoms with van der Waals surface area (Å²) in [5, 5.41) is 7.96. The largest absolute Gasteiger partial charge is 0.476 e. The van der Waals surface area contributed by atoms with E-state index in [9.17, 15) is 14.0 Å². The summed E-state index contributed by atoms with van der Waals surface area (Å²) in [7, 11) is 0. The van der Waals surface area contributed by atoms with E-state index in [-0.39, 0.29) is 6.61 Å². The topological polar surface area (TPSA) is 63.6 Å². The van der Waals surface area contributed by atoms with Crippen LogP contribution < -0.4 is 0 Å². The van der Waals surface area contributed by atoms with Crippen LogP contribution in [-0.2, 0) is 14.3 Å². The summed E-state index contributed by atoms with van der Waals surface area (Å²) in [6.07, 6.45) is 0.670. The molecule has 0 aromatic rings. The molecule has 0 atom stereocenters. The van der Waals surface area contributed by atoms with Gasteiger partial charge in [0, 0.05) is 6.92 Å². The van der Waals surface area contributed by atoms with Gasteiger partial charge in [0.15, 0.2) is 0 Å². The van der Waals surface area contributed by atoms with E-state index in [0.717, 1.165) is 6.92 Å². The molecule has 0 spiro atoms. The van der Waals surface area contributed by atoms with Crippen LogP contribution >= 0.6 is 0 Å². The number of halogens is 1. The number of rotatable bonds is 3. The maximum Gasteiger partial charge on any atom is 0.364 e. The summed E-state index contributed by atoms with van der Waals surface area (Å²) < 4.78 is 16.3. The number of ether oxygens (including phenoxy) is 1. The lowest BCUT2D eigenvalue weighted by Crippen LogP contribution is -2.01. The summed E-state index contributed by atoms with van der Waals surface area (Å²) in [6, 6.07) is 0. The lowest BCUT2D eigenvalue weighted by atomic mass is 10.5. The normalized spacial score (nSPS) is 10.9. The highest BCUT2D eigenvalue weighted by Crippen LogP contribution is 1.94. The van der Waals surface area contributed by atoms with E-state index in [1.165, 1.54) is 0 Å². The minimum Gasteiger partial charge on any atom is -0.476 e. The van der Waals surface area contributed by atoms with Gasteiger partial charge < -0.3 is 9.84 Å². The van der Waals surface area contributed by atoms with Crippen molar-refractivity contribution in [2.24, 2.45) is 0 Å². The molecule has 62 valence electrons. The van der Waals surface area contributed by atoms with E-state index in [1.807, 2.05) is 0 Å². The summed E-state index contributed by atoms with van der Waals surface area (Å²) in [4.78, 5) is 19.9. The molecule has 0 saturated carbocycles. The van der Waals surface area contributed by atoms with Crippen molar-refractivity contribution in [2.75, 3.05) is 6.61 Å². The van der Waals surface area contributed by atoms with E-state index >= 15 is 0 Å². The first-order chi connectivity index (χ1) is 5.04. The average molecular weight is 162 g/mol. The van der Waals surface area contributed by atoms with E-state index in [0.29, 0.717) is 6.08 Å². The lowest BCUT2D eigenvalue weighted by Gasteiger charge is -1.93. The molecule has 1 N–H and O–H groups in total. The molecule has 0 rings (SSSR count). The number of carboxylic acid groups (broad SMARTS) is 1. The standard InChI is InChI=1S/C6H7FO4/c1-4(8)11-3-2-5(7)6(9)10/h2H,3H2,1H3,(H,9,10)/b5-2-. The van der Waals surface area contributed by atoms with E-state index in [2.05, 4.69) is 4.74 Å². The van der Waals surface area contributed by atoms with Crippen LogP contribution in [-0.4, -0.2) is 23.7 Å². The predicted molar refractivity (Wildman–Crippen MR) is 33.5 cm³/mol. The van der Waals surface area contributed by atoms with Gasteiger partial charge in [-0.05, 0) is 6.08 Å². The van der Waals surface area contributed by atoms with E-state index in [4.69, 9.17) is 5.11 Å². The Labute approximate surface area is 62.3 Å². The monoisotopic (exact) mass is 162 g/mol. The zero-order valence-corrected chi connectivity index (χ0v) is 5.83. The van der Waals surface area contributed by atoms with Gasteiger partial charge in [0.2, 0.25) is 5.83 Å². The molecular weight excluding hydrogens is 155 g/mol. The molecule has 4 nitrogen and oxygen atoms in total. The minimum absolute atomic E-state index is 0.354. The van der Waals surface area contributed by atoms with Crippen molar-refractivity contribution in [2.45, 2.75) is 6.92 Å². The van der Waals surface area contributed by atoms with Crippen LogP contribution in [0.15, 0.2) is 11.9 Å². The summed E-state index contributed by atoms with van der Waals surface area (Å²) in [5.74, 6) is -3.58. The van der Waals surface area contributed by atoms with Crippen LogP contribution in [0.25, 0.3) is 0 Å². The third-order valence-electron chi connectivity index (χ3n) is 0.753. The highest BCUT2D eigenvalue weighted by molar-refractivity contribution is 5.83. The molecule has 0 heterocycles. The summed E-state index contributed by atoms with van der Waals surface area (Å²) in [5.41, 5.74) is 0. The maximum absolute atomic E-state index is 12.0. The van der Waals surface area contributed by atoms with Crippen LogP contribution in [0, 0.1) is 0 Å². The highest BCUT2D eigenvalue weighted by Gasteiger charge is 2.03. The Morgan fingerprint density at radius 3 is 2.55 bits per heavy atom. The number of aliphatic carboxylic acids is 1. The molecule has 0 aliphatic heterocycles. The van der Waals surface area contributed by atoms with Gasteiger partial charge in [-0.25, -0.2) is 4.79 Å². The van der Waals surface area contributed by atoms with Crippen molar-refractivity contribution < 1.29 is 23.8 Å². The molecule has 0 aromatic heterocycles. The fraction of sp³-hybridized carbons (Fsp3) is 0.333. The maximum atomic E-state index is 12.0. The van der Waals surface area contributed by atoms with Crippen molar-refractivity contribution in [1.29, 1.82) is 0 Å². The van der Waals surface area contributed by atoms with Crippen molar-refractivity contribution >= 4 is 11.9 Å². The second-order valence-electron chi connectivity index (χ2n) is 1.66. The first-order valence-corrected chi connectivity index (χ1v) is 2.76. The Bertz CT molecular complexity index is 197. The Kier molecular flexibility index (Phi) is 3.87. The molecule has 0 aromatic carbocycles. The van der Waals surface area contributed by atoms with Crippen LogP contribution in [0.5, 0.6) is 0 Å². The van der Waals surface area contributed by atoms with Crippen LogP contribution in [0.4, 0.5) is 4.39 Å². The average Bonchev–Trinajstić information content (AvgIpc) is 1.86. The molecule has 0 bridgehead atoms. The number of carboxylic acids is 1. The van der Waals surface area contributed by atoms with Gasteiger partial charge in [0.05, 0.1) is 0 Å². The molecule has 0 aliphatic rings. The Hall–Kier alpha value is -1.39. The molecule has 0 fully saturated rings. The fourth-order valence-corrected chi connectivity index (χ4v) is 0.319. The number of hydrogen-bond donors (Lipinski definition) is 1. The van der Waals surface area contributed by atoms with Gasteiger partial charge in [-0.3, -0.25) is 4.79 Å². The number of hydrogen-bond acceptors (Lipinski definition) is 3. The SMILES string of the molecule is CC(=O)OC/C=C(\F)C(=O)O. The van der Waals surface area contributed by atoms with Crippen LogP contribution in [0.1, 0.15) is 6.92 Å². The first-order valence-electron chi connectivity index (χ1n) is 2.76. The van der Waals surface area contributed by atoms with Crippen molar-refractivity contribution in [3.63, 3.8) is 0 Å². The molecular formula is C6H7FO4.